The lowest BCUT2D eigenvalue weighted by Crippen LogP contribution is -2.14. The Morgan fingerprint density at radius 2 is 1.81 bits per heavy atom. The van der Waals surface area contributed by atoms with E-state index in [9.17, 15) is 9.59 Å². The highest BCUT2D eigenvalue weighted by molar-refractivity contribution is 7.18. The first-order valence-electron chi connectivity index (χ1n) is 9.66. The quantitative estimate of drug-likeness (QED) is 0.316. The van der Waals surface area contributed by atoms with E-state index < -0.39 is 0 Å². The smallest absolute Gasteiger partial charge is 0.232 e. The number of carbonyl (C=O) groups excluding carboxylic acids is 2. The largest absolute Gasteiger partial charge is 0.486 e. The lowest BCUT2D eigenvalue weighted by Gasteiger charge is -2.03. The SMILES string of the molecule is CC(=O)c1sc(NC(=O)Cc2csc(COc3ccc(Cl)cc3)n2)nc1-c1ccccc1. The van der Waals surface area contributed by atoms with Crippen molar-refractivity contribution in [3.63, 3.8) is 0 Å². The number of Topliss-reactive ketones (excluding diaryl/α,β-unsaturated/α-hetero) is 1. The zero-order valence-corrected chi connectivity index (χ0v) is 19.4. The first-order valence-corrected chi connectivity index (χ1v) is 11.7. The summed E-state index contributed by atoms with van der Waals surface area (Å²) >= 11 is 8.47. The second-order valence-corrected chi connectivity index (χ2v) is 9.20. The molecule has 0 fully saturated rings. The van der Waals surface area contributed by atoms with Gasteiger partial charge < -0.3 is 10.1 Å². The topological polar surface area (TPSA) is 81.2 Å². The lowest BCUT2D eigenvalue weighted by atomic mass is 10.1. The van der Waals surface area contributed by atoms with Gasteiger partial charge in [-0.25, -0.2) is 9.97 Å². The number of thiazole rings is 2. The van der Waals surface area contributed by atoms with E-state index in [-0.39, 0.29) is 18.1 Å². The second-order valence-electron chi connectivity index (χ2n) is 6.82. The standard InChI is InChI=1S/C23H18ClN3O3S2/c1-14(28)22-21(15-5-3-2-4-6-15)27-23(32-22)26-19(29)11-17-13-31-20(25-17)12-30-18-9-7-16(24)8-10-18/h2-10,13H,11-12H2,1H3,(H,26,27,29). The van der Waals surface area contributed by atoms with Crippen LogP contribution in [0.15, 0.2) is 60.0 Å². The zero-order chi connectivity index (χ0) is 22.5. The van der Waals surface area contributed by atoms with Crippen LogP contribution in [0.2, 0.25) is 5.02 Å². The fraction of sp³-hybridized carbons (Fsp3) is 0.130. The molecule has 0 bridgehead atoms. The lowest BCUT2D eigenvalue weighted by molar-refractivity contribution is -0.115. The van der Waals surface area contributed by atoms with E-state index in [1.807, 2.05) is 35.7 Å². The number of nitrogens with one attached hydrogen (secondary N) is 1. The summed E-state index contributed by atoms with van der Waals surface area (Å²) in [6.45, 7) is 1.80. The predicted molar refractivity (Wildman–Crippen MR) is 128 cm³/mol. The fourth-order valence-electron chi connectivity index (χ4n) is 2.90. The highest BCUT2D eigenvalue weighted by Gasteiger charge is 2.18. The number of ether oxygens (including phenoxy) is 1. The van der Waals surface area contributed by atoms with Gasteiger partial charge in [-0.1, -0.05) is 53.3 Å². The number of rotatable bonds is 8. The molecular formula is C23H18ClN3O3S2. The molecule has 6 nitrogen and oxygen atoms in total. The summed E-state index contributed by atoms with van der Waals surface area (Å²) in [5.74, 6) is 0.360. The van der Waals surface area contributed by atoms with Gasteiger partial charge in [0.25, 0.3) is 0 Å². The number of carbonyl (C=O) groups is 2. The molecule has 4 aromatic rings. The summed E-state index contributed by atoms with van der Waals surface area (Å²) in [6, 6.07) is 16.5. The minimum atomic E-state index is -0.246. The van der Waals surface area contributed by atoms with Crippen LogP contribution in [0.4, 0.5) is 5.13 Å². The molecule has 0 spiro atoms. The van der Waals surface area contributed by atoms with Crippen molar-refractivity contribution in [3.8, 4) is 17.0 Å². The molecule has 2 aromatic heterocycles. The number of ketones is 1. The molecule has 2 heterocycles. The van der Waals surface area contributed by atoms with Gasteiger partial charge in [0.05, 0.1) is 22.7 Å². The van der Waals surface area contributed by atoms with Crippen molar-refractivity contribution < 1.29 is 14.3 Å². The average molecular weight is 484 g/mol. The summed E-state index contributed by atoms with van der Waals surface area (Å²) < 4.78 is 5.69. The Morgan fingerprint density at radius 1 is 1.06 bits per heavy atom. The summed E-state index contributed by atoms with van der Waals surface area (Å²) in [4.78, 5) is 34.0. The van der Waals surface area contributed by atoms with E-state index >= 15 is 0 Å². The van der Waals surface area contributed by atoms with Crippen LogP contribution in [-0.2, 0) is 17.8 Å². The molecule has 0 saturated carbocycles. The molecule has 162 valence electrons. The van der Waals surface area contributed by atoms with E-state index in [1.54, 1.807) is 24.3 Å². The van der Waals surface area contributed by atoms with Gasteiger partial charge in [0.2, 0.25) is 5.91 Å². The summed E-state index contributed by atoms with van der Waals surface area (Å²) in [5, 5.41) is 6.42. The van der Waals surface area contributed by atoms with Gasteiger partial charge in [-0.2, -0.15) is 0 Å². The Kier molecular flexibility index (Phi) is 6.94. The number of benzene rings is 2. The maximum Gasteiger partial charge on any atom is 0.232 e. The molecule has 9 heteroatoms. The molecule has 0 radical (unpaired) electrons. The van der Waals surface area contributed by atoms with Crippen LogP contribution < -0.4 is 10.1 Å². The van der Waals surface area contributed by atoms with Gasteiger partial charge >= 0.3 is 0 Å². The van der Waals surface area contributed by atoms with E-state index in [4.69, 9.17) is 16.3 Å². The number of aromatic nitrogens is 2. The van der Waals surface area contributed by atoms with Crippen LogP contribution in [0.25, 0.3) is 11.3 Å². The number of hydrogen-bond acceptors (Lipinski definition) is 7. The number of hydrogen-bond donors (Lipinski definition) is 1. The summed E-state index contributed by atoms with van der Waals surface area (Å²) in [6.07, 6.45) is 0.104. The Morgan fingerprint density at radius 3 is 2.53 bits per heavy atom. The number of anilines is 1. The molecule has 0 aliphatic rings. The van der Waals surface area contributed by atoms with Gasteiger partial charge in [0.1, 0.15) is 17.4 Å². The first kappa shape index (κ1) is 22.1. The Balaban J connectivity index is 1.38. The van der Waals surface area contributed by atoms with Crippen LogP contribution in [0, 0.1) is 0 Å². The molecule has 4 rings (SSSR count). The van der Waals surface area contributed by atoms with Crippen molar-refractivity contribution in [2.45, 2.75) is 20.0 Å². The fourth-order valence-corrected chi connectivity index (χ4v) is 4.63. The van der Waals surface area contributed by atoms with E-state index in [2.05, 4.69) is 15.3 Å². The molecule has 2 aromatic carbocycles. The molecule has 0 saturated heterocycles. The van der Waals surface area contributed by atoms with Crippen molar-refractivity contribution in [1.82, 2.24) is 9.97 Å². The first-order chi connectivity index (χ1) is 15.5. The predicted octanol–water partition coefficient (Wildman–Crippen LogP) is 5.88. The molecule has 0 unspecified atom stereocenters. The number of halogens is 1. The minimum Gasteiger partial charge on any atom is -0.486 e. The Bertz CT molecular complexity index is 1240. The number of nitrogens with zero attached hydrogens (tertiary/aromatic N) is 2. The molecule has 0 aliphatic heterocycles. The third-order valence-electron chi connectivity index (χ3n) is 4.36. The van der Waals surface area contributed by atoms with Crippen molar-refractivity contribution in [1.29, 1.82) is 0 Å². The van der Waals surface area contributed by atoms with Crippen LogP contribution >= 0.6 is 34.3 Å². The summed E-state index contributed by atoms with van der Waals surface area (Å²) in [5.41, 5.74) is 2.06. The minimum absolute atomic E-state index is 0.0910. The highest BCUT2D eigenvalue weighted by atomic mass is 35.5. The third kappa shape index (κ3) is 5.59. The van der Waals surface area contributed by atoms with Gasteiger partial charge in [-0.15, -0.1) is 11.3 Å². The van der Waals surface area contributed by atoms with E-state index in [0.29, 0.717) is 38.8 Å². The van der Waals surface area contributed by atoms with E-state index in [1.165, 1.54) is 29.6 Å². The van der Waals surface area contributed by atoms with Gasteiger partial charge in [0, 0.05) is 22.9 Å². The molecule has 1 amide bonds. The molecular weight excluding hydrogens is 466 g/mol. The highest BCUT2D eigenvalue weighted by Crippen LogP contribution is 2.31. The monoisotopic (exact) mass is 483 g/mol. The number of amides is 1. The van der Waals surface area contributed by atoms with Crippen molar-refractivity contribution in [3.05, 3.63) is 80.6 Å². The second kappa shape index (κ2) is 10.0. The molecule has 1 N–H and O–H groups in total. The van der Waals surface area contributed by atoms with Crippen molar-refractivity contribution in [2.75, 3.05) is 5.32 Å². The average Bonchev–Trinajstić information content (AvgIpc) is 3.41. The van der Waals surface area contributed by atoms with Gasteiger partial charge in [0.15, 0.2) is 10.9 Å². The maximum absolute atomic E-state index is 12.5. The zero-order valence-electron chi connectivity index (χ0n) is 17.0. The maximum atomic E-state index is 12.5. The van der Waals surface area contributed by atoms with Crippen molar-refractivity contribution in [2.24, 2.45) is 0 Å². The summed E-state index contributed by atoms with van der Waals surface area (Å²) in [7, 11) is 0. The Hall–Kier alpha value is -3.07. The Labute approximate surface area is 197 Å². The van der Waals surface area contributed by atoms with Crippen LogP contribution in [0.5, 0.6) is 5.75 Å². The molecule has 32 heavy (non-hydrogen) atoms. The van der Waals surface area contributed by atoms with Gasteiger partial charge in [-0.05, 0) is 24.3 Å². The normalized spacial score (nSPS) is 10.7. The van der Waals surface area contributed by atoms with Crippen LogP contribution in [-0.4, -0.2) is 21.7 Å². The molecule has 0 aliphatic carbocycles. The van der Waals surface area contributed by atoms with Crippen LogP contribution in [0.3, 0.4) is 0 Å². The van der Waals surface area contributed by atoms with Gasteiger partial charge in [-0.3, -0.25) is 9.59 Å². The third-order valence-corrected chi connectivity index (χ3v) is 6.55. The molecule has 0 atom stereocenters. The van der Waals surface area contributed by atoms with Crippen molar-refractivity contribution >= 4 is 51.1 Å². The van der Waals surface area contributed by atoms with Crippen LogP contribution in [0.1, 0.15) is 27.3 Å². The van der Waals surface area contributed by atoms with E-state index in [0.717, 1.165) is 10.6 Å².